The smallest absolute Gasteiger partial charge is 0.254 e. The highest BCUT2D eigenvalue weighted by atomic mass is 16.7. The Labute approximate surface area is 129 Å². The van der Waals surface area contributed by atoms with Gasteiger partial charge in [0.25, 0.3) is 5.91 Å². The number of hydrogen-bond acceptors (Lipinski definition) is 7. The summed E-state index contributed by atoms with van der Waals surface area (Å²) in [6.45, 7) is 1.73. The van der Waals surface area contributed by atoms with Gasteiger partial charge < -0.3 is 5.73 Å². The quantitative estimate of drug-likeness (QED) is 0.374. The van der Waals surface area contributed by atoms with Gasteiger partial charge in [0.1, 0.15) is 0 Å². The highest BCUT2D eigenvalue weighted by Gasteiger charge is 2.34. The number of carbonyl (C=O) groups is 2. The van der Waals surface area contributed by atoms with Crippen molar-refractivity contribution in [3.63, 3.8) is 0 Å². The number of carbonyl (C=O) groups excluding carboxylic acids is 2. The molecule has 22 heavy (non-hydrogen) atoms. The van der Waals surface area contributed by atoms with Crippen LogP contribution in [0.5, 0.6) is 0 Å². The lowest BCUT2D eigenvalue weighted by atomic mass is 9.98. The fraction of sp³-hybridized carbons (Fsp3) is 0.615. The number of hydroxylamine groups is 2. The molecule has 122 valence electrons. The zero-order valence-corrected chi connectivity index (χ0v) is 12.8. The predicted octanol–water partition coefficient (Wildman–Crippen LogP) is -1.11. The number of piperidine rings is 1. The predicted molar refractivity (Wildman–Crippen MR) is 77.9 cm³/mol. The maximum Gasteiger partial charge on any atom is 0.254 e. The molecule has 2 unspecified atom stereocenters. The second-order valence-electron chi connectivity index (χ2n) is 4.98. The van der Waals surface area contributed by atoms with Gasteiger partial charge in [0.2, 0.25) is 5.91 Å². The summed E-state index contributed by atoms with van der Waals surface area (Å²) in [6.07, 6.45) is 3.56. The van der Waals surface area contributed by atoms with Gasteiger partial charge in [0, 0.05) is 25.9 Å². The van der Waals surface area contributed by atoms with E-state index >= 15 is 0 Å². The normalized spacial score (nSPS) is 22.3. The minimum atomic E-state index is -0.402. The molecule has 0 aromatic heterocycles. The van der Waals surface area contributed by atoms with Crippen LogP contribution in [0.2, 0.25) is 0 Å². The maximum atomic E-state index is 12.0. The van der Waals surface area contributed by atoms with Crippen molar-refractivity contribution in [2.75, 3.05) is 20.2 Å². The number of hydrogen-bond donors (Lipinski definition) is 2. The minimum absolute atomic E-state index is 0.0367. The Kier molecular flexibility index (Phi) is 6.78. The van der Waals surface area contributed by atoms with E-state index in [1.807, 2.05) is 0 Å². The molecule has 0 saturated carbocycles. The Morgan fingerprint density at radius 2 is 2.18 bits per heavy atom. The van der Waals surface area contributed by atoms with E-state index in [0.29, 0.717) is 19.4 Å². The molecule has 0 aromatic carbocycles. The van der Waals surface area contributed by atoms with E-state index in [9.17, 15) is 14.9 Å². The van der Waals surface area contributed by atoms with Crippen molar-refractivity contribution in [2.24, 2.45) is 11.6 Å². The van der Waals surface area contributed by atoms with Crippen LogP contribution >= 0.6 is 0 Å². The Morgan fingerprint density at radius 1 is 1.50 bits per heavy atom. The average Bonchev–Trinajstić information content (AvgIpc) is 2.48. The molecule has 1 rings (SSSR count). The highest BCUT2D eigenvalue weighted by Crippen LogP contribution is 2.21. The van der Waals surface area contributed by atoms with E-state index in [-0.39, 0.29) is 18.5 Å². The molecular formula is C13H22N6O3. The molecule has 0 radical (unpaired) electrons. The van der Waals surface area contributed by atoms with E-state index < -0.39 is 11.9 Å². The Morgan fingerprint density at radius 3 is 2.68 bits per heavy atom. The summed E-state index contributed by atoms with van der Waals surface area (Å²) >= 11 is 0. The summed E-state index contributed by atoms with van der Waals surface area (Å²) in [7, 11) is 1.42. The van der Waals surface area contributed by atoms with Gasteiger partial charge in [-0.2, -0.15) is 5.26 Å². The SMILES string of the molecule is CON(C(C)=O)C1CCC(C#N)N(CC(=O)N(N)/C=C\N)C1. The van der Waals surface area contributed by atoms with Gasteiger partial charge in [-0.1, -0.05) is 0 Å². The number of hydrazine groups is 1. The van der Waals surface area contributed by atoms with E-state index in [1.165, 1.54) is 25.3 Å². The summed E-state index contributed by atoms with van der Waals surface area (Å²) in [5.41, 5.74) is 5.19. The molecule has 0 spiro atoms. The van der Waals surface area contributed by atoms with Crippen LogP contribution in [0.3, 0.4) is 0 Å². The molecule has 2 amide bonds. The van der Waals surface area contributed by atoms with E-state index in [0.717, 1.165) is 11.2 Å². The van der Waals surface area contributed by atoms with Gasteiger partial charge in [0.15, 0.2) is 0 Å². The summed E-state index contributed by atoms with van der Waals surface area (Å²) in [5.74, 6) is 4.90. The van der Waals surface area contributed by atoms with Crippen molar-refractivity contribution in [2.45, 2.75) is 31.8 Å². The lowest BCUT2D eigenvalue weighted by Crippen LogP contribution is -2.55. The number of likely N-dealkylation sites (tertiary alicyclic amines) is 1. The van der Waals surface area contributed by atoms with E-state index in [1.54, 1.807) is 4.90 Å². The molecule has 1 fully saturated rings. The first-order chi connectivity index (χ1) is 10.4. The van der Waals surface area contributed by atoms with Gasteiger partial charge in [0.05, 0.1) is 31.8 Å². The molecule has 0 bridgehead atoms. The van der Waals surface area contributed by atoms with Gasteiger partial charge in [-0.25, -0.2) is 10.9 Å². The molecule has 1 aliphatic rings. The summed E-state index contributed by atoms with van der Waals surface area (Å²) in [4.78, 5) is 30.3. The van der Waals surface area contributed by atoms with Gasteiger partial charge in [-0.15, -0.1) is 0 Å². The topological polar surface area (TPSA) is 129 Å². The van der Waals surface area contributed by atoms with Gasteiger partial charge in [-0.3, -0.25) is 24.3 Å². The molecule has 1 heterocycles. The number of nitrogens with zero attached hydrogens (tertiary/aromatic N) is 4. The molecule has 2 atom stereocenters. The molecule has 9 heteroatoms. The van der Waals surface area contributed by atoms with Crippen LogP contribution in [0, 0.1) is 11.3 Å². The largest absolute Gasteiger partial charge is 0.403 e. The lowest BCUT2D eigenvalue weighted by Gasteiger charge is -2.39. The van der Waals surface area contributed by atoms with Crippen molar-refractivity contribution in [1.82, 2.24) is 15.0 Å². The fourth-order valence-electron chi connectivity index (χ4n) is 2.50. The van der Waals surface area contributed by atoms with Crippen molar-refractivity contribution in [3.8, 4) is 6.07 Å². The Balaban J connectivity index is 2.78. The summed E-state index contributed by atoms with van der Waals surface area (Å²) < 4.78 is 0. The van der Waals surface area contributed by atoms with E-state index in [4.69, 9.17) is 16.4 Å². The Bertz CT molecular complexity index is 475. The molecule has 0 aliphatic carbocycles. The monoisotopic (exact) mass is 310 g/mol. The Hall–Kier alpha value is -2.15. The van der Waals surface area contributed by atoms with Crippen LogP contribution in [0.25, 0.3) is 0 Å². The number of amides is 2. The average molecular weight is 310 g/mol. The highest BCUT2D eigenvalue weighted by molar-refractivity contribution is 5.78. The number of nitrogens with two attached hydrogens (primary N) is 2. The first kappa shape index (κ1) is 17.9. The van der Waals surface area contributed by atoms with Crippen LogP contribution in [-0.2, 0) is 14.4 Å². The first-order valence-electron chi connectivity index (χ1n) is 6.87. The third-order valence-electron chi connectivity index (χ3n) is 3.52. The van der Waals surface area contributed by atoms with Crippen LogP contribution in [0.15, 0.2) is 12.4 Å². The molecule has 0 aromatic rings. The summed E-state index contributed by atoms with van der Waals surface area (Å²) in [6, 6.07) is 1.55. The molecule has 9 nitrogen and oxygen atoms in total. The summed E-state index contributed by atoms with van der Waals surface area (Å²) in [5, 5.41) is 11.4. The zero-order chi connectivity index (χ0) is 16.7. The molecule has 1 aliphatic heterocycles. The van der Waals surface area contributed by atoms with Crippen LogP contribution in [-0.4, -0.2) is 59.1 Å². The van der Waals surface area contributed by atoms with Crippen LogP contribution in [0.1, 0.15) is 19.8 Å². The second-order valence-corrected chi connectivity index (χ2v) is 4.98. The van der Waals surface area contributed by atoms with Gasteiger partial charge in [-0.05, 0) is 12.8 Å². The minimum Gasteiger partial charge on any atom is -0.403 e. The van der Waals surface area contributed by atoms with Crippen molar-refractivity contribution < 1.29 is 14.4 Å². The number of rotatable bonds is 5. The zero-order valence-electron chi connectivity index (χ0n) is 12.8. The van der Waals surface area contributed by atoms with Crippen molar-refractivity contribution >= 4 is 11.8 Å². The maximum absolute atomic E-state index is 12.0. The second kappa shape index (κ2) is 8.33. The number of nitriles is 1. The standard InChI is InChI=1S/C13H22N6O3/c1-10(20)19(22-2)12-4-3-11(7-15)17(8-12)9-13(21)18(16)6-5-14/h5-6,11-12H,3-4,8-9,14,16H2,1-2H3/b6-5-. The lowest BCUT2D eigenvalue weighted by molar-refractivity contribution is -0.192. The first-order valence-corrected chi connectivity index (χ1v) is 6.87. The third-order valence-corrected chi connectivity index (χ3v) is 3.52. The molecular weight excluding hydrogens is 288 g/mol. The van der Waals surface area contributed by atoms with Crippen LogP contribution < -0.4 is 11.6 Å². The van der Waals surface area contributed by atoms with Crippen molar-refractivity contribution in [1.29, 1.82) is 5.26 Å². The van der Waals surface area contributed by atoms with E-state index in [2.05, 4.69) is 6.07 Å². The van der Waals surface area contributed by atoms with Crippen LogP contribution in [0.4, 0.5) is 0 Å². The molecule has 1 saturated heterocycles. The molecule has 4 N–H and O–H groups in total. The van der Waals surface area contributed by atoms with Crippen molar-refractivity contribution in [3.05, 3.63) is 12.4 Å². The van der Waals surface area contributed by atoms with Gasteiger partial charge >= 0.3 is 0 Å². The fourth-order valence-corrected chi connectivity index (χ4v) is 2.50. The third kappa shape index (κ3) is 4.42.